The minimum atomic E-state index is -0.218. The highest BCUT2D eigenvalue weighted by Crippen LogP contribution is 2.21. The van der Waals surface area contributed by atoms with Crippen LogP contribution in [0.4, 0.5) is 5.69 Å². The molecule has 6 heteroatoms. The highest BCUT2D eigenvalue weighted by molar-refractivity contribution is 6.31. The van der Waals surface area contributed by atoms with Crippen molar-refractivity contribution in [3.63, 3.8) is 0 Å². The molecule has 0 aliphatic heterocycles. The Kier molecular flexibility index (Phi) is 7.19. The Labute approximate surface area is 130 Å². The summed E-state index contributed by atoms with van der Waals surface area (Å²) >= 11 is 5.95. The summed E-state index contributed by atoms with van der Waals surface area (Å²) in [5.41, 5.74) is 0.849. The molecule has 116 valence electrons. The number of anilines is 1. The van der Waals surface area contributed by atoms with Crippen LogP contribution < -0.4 is 16.0 Å². The SMILES string of the molecule is CCCNC(=O)c1ccc(Cl)cc1NC(=O)C(C)CNC. The third kappa shape index (κ3) is 5.36. The van der Waals surface area contributed by atoms with Gasteiger partial charge in [0.15, 0.2) is 0 Å². The summed E-state index contributed by atoms with van der Waals surface area (Å²) in [5, 5.41) is 8.98. The van der Waals surface area contributed by atoms with Crippen molar-refractivity contribution in [2.24, 2.45) is 5.92 Å². The Morgan fingerprint density at radius 3 is 2.67 bits per heavy atom. The lowest BCUT2D eigenvalue weighted by Gasteiger charge is -2.15. The van der Waals surface area contributed by atoms with Gasteiger partial charge in [0.25, 0.3) is 5.91 Å². The van der Waals surface area contributed by atoms with E-state index in [1.807, 2.05) is 13.8 Å². The van der Waals surface area contributed by atoms with Crippen LogP contribution in [0, 0.1) is 5.92 Å². The number of carbonyl (C=O) groups excluding carboxylic acids is 2. The molecular weight excluding hydrogens is 290 g/mol. The van der Waals surface area contributed by atoms with E-state index in [4.69, 9.17) is 11.6 Å². The Hall–Kier alpha value is -1.59. The smallest absolute Gasteiger partial charge is 0.253 e. The van der Waals surface area contributed by atoms with Crippen molar-refractivity contribution in [2.45, 2.75) is 20.3 Å². The van der Waals surface area contributed by atoms with Gasteiger partial charge in [-0.2, -0.15) is 0 Å². The first kappa shape index (κ1) is 17.5. The molecule has 1 aromatic rings. The van der Waals surface area contributed by atoms with E-state index in [-0.39, 0.29) is 17.7 Å². The van der Waals surface area contributed by atoms with Crippen LogP contribution in [-0.2, 0) is 4.79 Å². The Balaban J connectivity index is 2.91. The van der Waals surface area contributed by atoms with Crippen LogP contribution in [0.5, 0.6) is 0 Å². The zero-order chi connectivity index (χ0) is 15.8. The van der Waals surface area contributed by atoms with Gasteiger partial charge in [0.2, 0.25) is 5.91 Å². The lowest BCUT2D eigenvalue weighted by atomic mass is 10.1. The summed E-state index contributed by atoms with van der Waals surface area (Å²) in [6.45, 7) is 4.94. The van der Waals surface area contributed by atoms with Crippen LogP contribution in [0.15, 0.2) is 18.2 Å². The molecule has 0 fully saturated rings. The Morgan fingerprint density at radius 2 is 2.05 bits per heavy atom. The van der Waals surface area contributed by atoms with Gasteiger partial charge in [0, 0.05) is 24.0 Å². The largest absolute Gasteiger partial charge is 0.352 e. The average Bonchev–Trinajstić information content (AvgIpc) is 2.45. The van der Waals surface area contributed by atoms with E-state index in [1.165, 1.54) is 0 Å². The molecule has 1 aromatic carbocycles. The number of carbonyl (C=O) groups is 2. The number of benzene rings is 1. The highest BCUT2D eigenvalue weighted by atomic mass is 35.5. The fourth-order valence-electron chi connectivity index (χ4n) is 1.81. The summed E-state index contributed by atoms with van der Waals surface area (Å²) in [4.78, 5) is 24.2. The van der Waals surface area contributed by atoms with Gasteiger partial charge in [0.1, 0.15) is 0 Å². The zero-order valence-electron chi connectivity index (χ0n) is 12.6. The van der Waals surface area contributed by atoms with Crippen molar-refractivity contribution in [3.05, 3.63) is 28.8 Å². The number of hydrogen-bond acceptors (Lipinski definition) is 3. The number of amides is 2. The van der Waals surface area contributed by atoms with Crippen LogP contribution in [-0.4, -0.2) is 32.0 Å². The molecule has 0 bridgehead atoms. The fourth-order valence-corrected chi connectivity index (χ4v) is 1.98. The lowest BCUT2D eigenvalue weighted by Crippen LogP contribution is -2.30. The maximum absolute atomic E-state index is 12.1. The molecule has 1 unspecified atom stereocenters. The average molecular weight is 312 g/mol. The Morgan fingerprint density at radius 1 is 1.33 bits per heavy atom. The molecule has 2 amide bonds. The van der Waals surface area contributed by atoms with Gasteiger partial charge >= 0.3 is 0 Å². The molecule has 3 N–H and O–H groups in total. The van der Waals surface area contributed by atoms with Crippen LogP contribution in [0.3, 0.4) is 0 Å². The van der Waals surface area contributed by atoms with Crippen molar-refractivity contribution in [2.75, 3.05) is 25.5 Å². The summed E-state index contributed by atoms with van der Waals surface area (Å²) in [5.74, 6) is -0.582. The zero-order valence-corrected chi connectivity index (χ0v) is 13.4. The van der Waals surface area contributed by atoms with Crippen molar-refractivity contribution in [1.29, 1.82) is 0 Å². The second-order valence-electron chi connectivity index (χ2n) is 4.89. The van der Waals surface area contributed by atoms with E-state index >= 15 is 0 Å². The monoisotopic (exact) mass is 311 g/mol. The van der Waals surface area contributed by atoms with Gasteiger partial charge in [-0.15, -0.1) is 0 Å². The lowest BCUT2D eigenvalue weighted by molar-refractivity contribution is -0.119. The van der Waals surface area contributed by atoms with Crippen molar-refractivity contribution >= 4 is 29.1 Å². The van der Waals surface area contributed by atoms with Crippen LogP contribution in [0.25, 0.3) is 0 Å². The third-order valence-electron chi connectivity index (χ3n) is 2.98. The molecule has 0 aromatic heterocycles. The maximum Gasteiger partial charge on any atom is 0.253 e. The summed E-state index contributed by atoms with van der Waals surface area (Å²) in [6, 6.07) is 4.84. The van der Waals surface area contributed by atoms with Gasteiger partial charge in [0.05, 0.1) is 11.3 Å². The molecule has 0 aliphatic carbocycles. The minimum absolute atomic E-state index is 0.156. The second kappa shape index (κ2) is 8.64. The summed E-state index contributed by atoms with van der Waals surface area (Å²) in [7, 11) is 1.78. The van der Waals surface area contributed by atoms with Crippen LogP contribution in [0.2, 0.25) is 5.02 Å². The third-order valence-corrected chi connectivity index (χ3v) is 3.21. The maximum atomic E-state index is 12.1. The predicted molar refractivity (Wildman–Crippen MR) is 85.8 cm³/mol. The Bertz CT molecular complexity index is 506. The first-order valence-electron chi connectivity index (χ1n) is 7.02. The van der Waals surface area contributed by atoms with Crippen molar-refractivity contribution in [1.82, 2.24) is 10.6 Å². The second-order valence-corrected chi connectivity index (χ2v) is 5.33. The first-order chi connectivity index (χ1) is 9.99. The molecule has 0 saturated heterocycles. The number of nitrogens with one attached hydrogen (secondary N) is 3. The fraction of sp³-hybridized carbons (Fsp3) is 0.467. The molecule has 5 nitrogen and oxygen atoms in total. The van der Waals surface area contributed by atoms with E-state index in [1.54, 1.807) is 25.2 Å². The molecule has 0 spiro atoms. The van der Waals surface area contributed by atoms with Gasteiger partial charge < -0.3 is 16.0 Å². The van der Waals surface area contributed by atoms with Gasteiger partial charge in [-0.3, -0.25) is 9.59 Å². The van der Waals surface area contributed by atoms with Gasteiger partial charge in [-0.1, -0.05) is 25.4 Å². The normalized spacial score (nSPS) is 11.8. The highest BCUT2D eigenvalue weighted by Gasteiger charge is 2.17. The van der Waals surface area contributed by atoms with Crippen molar-refractivity contribution < 1.29 is 9.59 Å². The predicted octanol–water partition coefficient (Wildman–Crippen LogP) is 2.27. The quantitative estimate of drug-likeness (QED) is 0.723. The number of hydrogen-bond donors (Lipinski definition) is 3. The summed E-state index contributed by atoms with van der Waals surface area (Å²) in [6.07, 6.45) is 0.847. The number of rotatable bonds is 7. The molecule has 0 radical (unpaired) electrons. The van der Waals surface area contributed by atoms with E-state index in [9.17, 15) is 9.59 Å². The topological polar surface area (TPSA) is 70.2 Å². The van der Waals surface area contributed by atoms with Gasteiger partial charge in [-0.25, -0.2) is 0 Å². The van der Waals surface area contributed by atoms with Crippen LogP contribution >= 0.6 is 11.6 Å². The molecule has 0 aliphatic rings. The molecular formula is C15H22ClN3O2. The first-order valence-corrected chi connectivity index (χ1v) is 7.40. The van der Waals surface area contributed by atoms with E-state index in [2.05, 4.69) is 16.0 Å². The van der Waals surface area contributed by atoms with E-state index in [0.717, 1.165) is 6.42 Å². The molecule has 21 heavy (non-hydrogen) atoms. The van der Waals surface area contributed by atoms with Crippen LogP contribution in [0.1, 0.15) is 30.6 Å². The molecule has 1 atom stereocenters. The molecule has 0 heterocycles. The summed E-state index contributed by atoms with van der Waals surface area (Å²) < 4.78 is 0. The van der Waals surface area contributed by atoms with Gasteiger partial charge in [-0.05, 0) is 31.7 Å². The minimum Gasteiger partial charge on any atom is -0.352 e. The van der Waals surface area contributed by atoms with E-state index in [0.29, 0.717) is 29.4 Å². The van der Waals surface area contributed by atoms with Crippen molar-refractivity contribution in [3.8, 4) is 0 Å². The molecule has 0 saturated carbocycles. The standard InChI is InChI=1S/C15H22ClN3O2/c1-4-7-18-15(21)12-6-5-11(16)8-13(12)19-14(20)10(2)9-17-3/h5-6,8,10,17H,4,7,9H2,1-3H3,(H,18,21)(H,19,20). The van der Waals surface area contributed by atoms with E-state index < -0.39 is 0 Å². The molecule has 1 rings (SSSR count). The number of halogens is 1.